The van der Waals surface area contributed by atoms with E-state index in [1.807, 2.05) is 36.4 Å². The molecule has 90 valence electrons. The number of hydrogen-bond donors (Lipinski definition) is 0. The summed E-state index contributed by atoms with van der Waals surface area (Å²) in [6.45, 7) is 1.93. The van der Waals surface area contributed by atoms with Gasteiger partial charge in [0.05, 0.1) is 6.61 Å². The van der Waals surface area contributed by atoms with Crippen molar-refractivity contribution in [1.82, 2.24) is 0 Å². The molecular formula is C13H15NO3. The first-order valence-corrected chi connectivity index (χ1v) is 5.53. The zero-order chi connectivity index (χ0) is 12.5. The highest BCUT2D eigenvalue weighted by Gasteiger charge is 2.14. The summed E-state index contributed by atoms with van der Waals surface area (Å²) in [6.07, 6.45) is -0.376. The summed E-state index contributed by atoms with van der Waals surface area (Å²) < 4.78 is 9.45. The first kappa shape index (κ1) is 13.0. The largest absolute Gasteiger partial charge is 0.509 e. The smallest absolute Gasteiger partial charge is 0.435 e. The quantitative estimate of drug-likeness (QED) is 0.733. The van der Waals surface area contributed by atoms with Gasteiger partial charge in [0.15, 0.2) is 6.10 Å². The Kier molecular flexibility index (Phi) is 5.59. The van der Waals surface area contributed by atoms with Gasteiger partial charge in [-0.05, 0) is 18.9 Å². The van der Waals surface area contributed by atoms with Crippen molar-refractivity contribution in [2.45, 2.75) is 25.9 Å². The van der Waals surface area contributed by atoms with Gasteiger partial charge in [-0.3, -0.25) is 0 Å². The monoisotopic (exact) mass is 233 g/mol. The molecule has 0 radical (unpaired) electrons. The second kappa shape index (κ2) is 7.29. The van der Waals surface area contributed by atoms with Crippen LogP contribution in [0.5, 0.6) is 0 Å². The Labute approximate surface area is 101 Å². The number of rotatable bonds is 5. The van der Waals surface area contributed by atoms with Crippen LogP contribution in [-0.4, -0.2) is 18.9 Å². The average Bonchev–Trinajstić information content (AvgIpc) is 2.36. The minimum Gasteiger partial charge on any atom is -0.435 e. The molecule has 0 N–H and O–H groups in total. The van der Waals surface area contributed by atoms with Gasteiger partial charge in [-0.25, -0.2) is 4.79 Å². The van der Waals surface area contributed by atoms with E-state index in [2.05, 4.69) is 4.74 Å². The number of carbonyl (C=O) groups excluding carboxylic acids is 1. The molecule has 0 aliphatic rings. The summed E-state index contributed by atoms with van der Waals surface area (Å²) in [4.78, 5) is 11.0. The lowest BCUT2D eigenvalue weighted by molar-refractivity contribution is 0.0404. The second-order valence-electron chi connectivity index (χ2n) is 3.44. The van der Waals surface area contributed by atoms with Crippen molar-refractivity contribution in [3.63, 3.8) is 0 Å². The molecule has 4 heteroatoms. The van der Waals surface area contributed by atoms with Crippen LogP contribution in [0.4, 0.5) is 4.79 Å². The van der Waals surface area contributed by atoms with Crippen LogP contribution < -0.4 is 0 Å². The van der Waals surface area contributed by atoms with Crippen LogP contribution >= 0.6 is 0 Å². The molecule has 0 heterocycles. The second-order valence-corrected chi connectivity index (χ2v) is 3.44. The van der Waals surface area contributed by atoms with E-state index in [0.29, 0.717) is 12.8 Å². The minimum absolute atomic E-state index is 0.246. The number of nitrogens with zero attached hydrogens (tertiary/aromatic N) is 1. The Morgan fingerprint density at radius 3 is 2.71 bits per heavy atom. The third-order valence-electron chi connectivity index (χ3n) is 2.18. The van der Waals surface area contributed by atoms with Crippen molar-refractivity contribution in [3.8, 4) is 6.07 Å². The van der Waals surface area contributed by atoms with Gasteiger partial charge in [0.25, 0.3) is 0 Å². The lowest BCUT2D eigenvalue weighted by Crippen LogP contribution is -2.18. The Morgan fingerprint density at radius 1 is 1.41 bits per heavy atom. The van der Waals surface area contributed by atoms with Crippen molar-refractivity contribution < 1.29 is 14.3 Å². The topological polar surface area (TPSA) is 59.3 Å². The van der Waals surface area contributed by atoms with Crippen LogP contribution in [-0.2, 0) is 15.9 Å². The first-order chi connectivity index (χ1) is 8.26. The maximum atomic E-state index is 11.0. The predicted octanol–water partition coefficient (Wildman–Crippen LogP) is 2.68. The van der Waals surface area contributed by atoms with E-state index in [0.717, 1.165) is 5.56 Å². The van der Waals surface area contributed by atoms with Crippen LogP contribution in [0, 0.1) is 11.3 Å². The van der Waals surface area contributed by atoms with Crippen LogP contribution in [0.3, 0.4) is 0 Å². The molecule has 0 saturated heterocycles. The molecule has 1 aromatic rings. The normalized spacial score (nSPS) is 11.3. The average molecular weight is 233 g/mol. The van der Waals surface area contributed by atoms with Gasteiger partial charge in [-0.2, -0.15) is 5.26 Å². The van der Waals surface area contributed by atoms with Gasteiger partial charge < -0.3 is 9.47 Å². The van der Waals surface area contributed by atoms with Gasteiger partial charge in [0.2, 0.25) is 0 Å². The molecule has 1 unspecified atom stereocenters. The zero-order valence-corrected chi connectivity index (χ0v) is 9.76. The fraction of sp³-hybridized carbons (Fsp3) is 0.385. The van der Waals surface area contributed by atoms with Gasteiger partial charge >= 0.3 is 6.16 Å². The number of benzene rings is 1. The van der Waals surface area contributed by atoms with Gasteiger partial charge in [-0.1, -0.05) is 30.3 Å². The van der Waals surface area contributed by atoms with E-state index in [1.54, 1.807) is 6.92 Å². The van der Waals surface area contributed by atoms with Crippen LogP contribution in [0.1, 0.15) is 18.9 Å². The highest BCUT2D eigenvalue weighted by atomic mass is 16.7. The minimum atomic E-state index is -0.785. The maximum absolute atomic E-state index is 11.0. The lowest BCUT2D eigenvalue weighted by Gasteiger charge is -2.10. The summed E-state index contributed by atoms with van der Waals surface area (Å²) in [5, 5.41) is 8.84. The van der Waals surface area contributed by atoms with Gasteiger partial charge in [0.1, 0.15) is 6.07 Å². The molecule has 1 rings (SSSR count). The molecule has 0 aromatic heterocycles. The van der Waals surface area contributed by atoms with Crippen molar-refractivity contribution in [2.75, 3.05) is 6.61 Å². The predicted molar refractivity (Wildman–Crippen MR) is 62.3 cm³/mol. The number of ether oxygens (including phenoxy) is 2. The fourth-order valence-electron chi connectivity index (χ4n) is 1.36. The SMILES string of the molecule is CCOC(=O)OC(C#N)CCc1ccccc1. The maximum Gasteiger partial charge on any atom is 0.509 e. The standard InChI is InChI=1S/C13H15NO3/c1-2-16-13(15)17-12(10-14)9-8-11-6-4-3-5-7-11/h3-7,12H,2,8-9H2,1H3. The molecule has 0 amide bonds. The molecule has 17 heavy (non-hydrogen) atoms. The number of aryl methyl sites for hydroxylation is 1. The fourth-order valence-corrected chi connectivity index (χ4v) is 1.36. The van der Waals surface area contributed by atoms with E-state index in [-0.39, 0.29) is 6.61 Å². The third kappa shape index (κ3) is 5.03. The van der Waals surface area contributed by atoms with E-state index in [4.69, 9.17) is 10.00 Å². The van der Waals surface area contributed by atoms with Gasteiger partial charge in [-0.15, -0.1) is 0 Å². The molecule has 0 saturated carbocycles. The van der Waals surface area contributed by atoms with Crippen molar-refractivity contribution in [2.24, 2.45) is 0 Å². The first-order valence-electron chi connectivity index (χ1n) is 5.53. The van der Waals surface area contributed by atoms with E-state index >= 15 is 0 Å². The van der Waals surface area contributed by atoms with Crippen molar-refractivity contribution in [1.29, 1.82) is 5.26 Å². The number of carbonyl (C=O) groups is 1. The highest BCUT2D eigenvalue weighted by Crippen LogP contribution is 2.07. The molecule has 0 bridgehead atoms. The Bertz CT molecular complexity index is 383. The Balaban J connectivity index is 2.38. The van der Waals surface area contributed by atoms with Crippen molar-refractivity contribution >= 4 is 6.16 Å². The molecular weight excluding hydrogens is 218 g/mol. The van der Waals surface area contributed by atoms with Crippen molar-refractivity contribution in [3.05, 3.63) is 35.9 Å². The molecule has 1 atom stereocenters. The van der Waals surface area contributed by atoms with E-state index in [1.165, 1.54) is 0 Å². The third-order valence-corrected chi connectivity index (χ3v) is 2.18. The van der Waals surface area contributed by atoms with Crippen LogP contribution in [0.25, 0.3) is 0 Å². The molecule has 0 aliphatic carbocycles. The highest BCUT2D eigenvalue weighted by molar-refractivity contribution is 5.60. The summed E-state index contributed by atoms with van der Waals surface area (Å²) in [5.74, 6) is 0. The summed E-state index contributed by atoms with van der Waals surface area (Å²) >= 11 is 0. The zero-order valence-electron chi connectivity index (χ0n) is 9.76. The Hall–Kier alpha value is -2.02. The number of hydrogen-bond acceptors (Lipinski definition) is 4. The number of nitriles is 1. The molecule has 0 spiro atoms. The van der Waals surface area contributed by atoms with E-state index < -0.39 is 12.3 Å². The van der Waals surface area contributed by atoms with Crippen LogP contribution in [0.2, 0.25) is 0 Å². The van der Waals surface area contributed by atoms with Gasteiger partial charge in [0, 0.05) is 6.42 Å². The summed E-state index contributed by atoms with van der Waals surface area (Å²) in [7, 11) is 0. The molecule has 4 nitrogen and oxygen atoms in total. The van der Waals surface area contributed by atoms with Crippen LogP contribution in [0.15, 0.2) is 30.3 Å². The summed E-state index contributed by atoms with van der Waals surface area (Å²) in [6, 6.07) is 11.7. The Morgan fingerprint density at radius 2 is 2.12 bits per heavy atom. The lowest BCUT2D eigenvalue weighted by atomic mass is 10.1. The van der Waals surface area contributed by atoms with E-state index in [9.17, 15) is 4.79 Å². The molecule has 0 fully saturated rings. The molecule has 0 aliphatic heterocycles. The molecule has 1 aromatic carbocycles. The summed E-state index contributed by atoms with van der Waals surface area (Å²) in [5.41, 5.74) is 1.11.